The van der Waals surface area contributed by atoms with Gasteiger partial charge in [0.25, 0.3) is 0 Å². The third-order valence-electron chi connectivity index (χ3n) is 4.71. The van der Waals surface area contributed by atoms with Crippen LogP contribution in [0.1, 0.15) is 19.3 Å². The average Bonchev–Trinajstić information content (AvgIpc) is 3.27. The number of halogens is 1. The van der Waals surface area contributed by atoms with Gasteiger partial charge in [-0.1, -0.05) is 23.7 Å². The molecule has 0 aliphatic carbocycles. The largest absolute Gasteiger partial charge is 0.376 e. The lowest BCUT2D eigenvalue weighted by atomic mass is 10.2. The fraction of sp³-hybridized carbons (Fsp3) is 0.333. The smallest absolute Gasteiger partial charge is 0.319 e. The molecule has 32 heavy (non-hydrogen) atoms. The number of nitrogens with one attached hydrogen (secondary N) is 4. The summed E-state index contributed by atoms with van der Waals surface area (Å²) in [6.45, 7) is 1.11. The van der Waals surface area contributed by atoms with Crippen LogP contribution in [-0.2, 0) is 19.6 Å². The number of urea groups is 1. The summed E-state index contributed by atoms with van der Waals surface area (Å²) in [7, 11) is -3.80. The second kappa shape index (κ2) is 11.3. The van der Waals surface area contributed by atoms with Gasteiger partial charge < -0.3 is 20.7 Å². The predicted molar refractivity (Wildman–Crippen MR) is 122 cm³/mol. The predicted octanol–water partition coefficient (Wildman–Crippen LogP) is 2.95. The molecule has 1 aliphatic heterocycles. The maximum absolute atomic E-state index is 12.3. The number of rotatable bonds is 9. The Morgan fingerprint density at radius 3 is 2.38 bits per heavy atom. The Bertz CT molecular complexity index is 1040. The Balaban J connectivity index is 1.40. The second-order valence-corrected chi connectivity index (χ2v) is 9.32. The first-order valence-corrected chi connectivity index (χ1v) is 12.0. The summed E-state index contributed by atoms with van der Waals surface area (Å²) in [5.74, 6) is -0.359. The highest BCUT2D eigenvalue weighted by molar-refractivity contribution is 7.89. The van der Waals surface area contributed by atoms with E-state index in [1.54, 1.807) is 36.4 Å². The first kappa shape index (κ1) is 24.0. The van der Waals surface area contributed by atoms with Gasteiger partial charge in [-0.05, 0) is 49.2 Å². The molecule has 3 rings (SSSR count). The number of anilines is 2. The Morgan fingerprint density at radius 2 is 1.72 bits per heavy atom. The van der Waals surface area contributed by atoms with Crippen LogP contribution in [0.15, 0.2) is 53.4 Å². The molecule has 1 unspecified atom stereocenters. The maximum Gasteiger partial charge on any atom is 0.319 e. The number of sulfonamides is 1. The van der Waals surface area contributed by atoms with Crippen molar-refractivity contribution >= 4 is 44.9 Å². The topological polar surface area (TPSA) is 126 Å². The molecule has 1 saturated heterocycles. The van der Waals surface area contributed by atoms with Gasteiger partial charge in [0.2, 0.25) is 15.9 Å². The minimum absolute atomic E-state index is 0.0371. The number of hydrogen-bond acceptors (Lipinski definition) is 5. The highest BCUT2D eigenvalue weighted by Crippen LogP contribution is 2.20. The van der Waals surface area contributed by atoms with Crippen molar-refractivity contribution < 1.29 is 22.7 Å². The van der Waals surface area contributed by atoms with E-state index in [2.05, 4.69) is 20.7 Å². The van der Waals surface area contributed by atoms with E-state index >= 15 is 0 Å². The molecule has 0 bridgehead atoms. The fourth-order valence-electron chi connectivity index (χ4n) is 3.09. The van der Waals surface area contributed by atoms with Crippen LogP contribution in [0.5, 0.6) is 0 Å². The molecule has 172 valence electrons. The summed E-state index contributed by atoms with van der Waals surface area (Å²) in [6.07, 6.45) is 1.95. The van der Waals surface area contributed by atoms with E-state index < -0.39 is 10.0 Å². The summed E-state index contributed by atoms with van der Waals surface area (Å²) in [5, 5.41) is 8.26. The summed E-state index contributed by atoms with van der Waals surface area (Å²) >= 11 is 5.91. The number of ether oxygens (including phenoxy) is 1. The van der Waals surface area contributed by atoms with E-state index in [0.717, 1.165) is 19.4 Å². The number of benzene rings is 2. The van der Waals surface area contributed by atoms with E-state index in [-0.39, 0.29) is 40.9 Å². The Labute approximate surface area is 191 Å². The maximum atomic E-state index is 12.3. The van der Waals surface area contributed by atoms with Crippen molar-refractivity contribution in [1.82, 2.24) is 10.0 Å². The summed E-state index contributed by atoms with van der Waals surface area (Å²) in [5.41, 5.74) is 1.09. The van der Waals surface area contributed by atoms with E-state index in [4.69, 9.17) is 16.3 Å². The van der Waals surface area contributed by atoms with Crippen LogP contribution in [0.2, 0.25) is 5.02 Å². The second-order valence-electron chi connectivity index (χ2n) is 7.17. The van der Waals surface area contributed by atoms with Crippen LogP contribution in [-0.4, -0.2) is 46.2 Å². The molecular formula is C21H25ClN4O5S. The summed E-state index contributed by atoms with van der Waals surface area (Å²) < 4.78 is 32.3. The van der Waals surface area contributed by atoms with Gasteiger partial charge in [0.1, 0.15) is 4.90 Å². The van der Waals surface area contributed by atoms with Crippen LogP contribution in [0.3, 0.4) is 0 Å². The first-order chi connectivity index (χ1) is 15.3. The normalized spacial score (nSPS) is 15.8. The molecule has 11 heteroatoms. The zero-order valence-corrected chi connectivity index (χ0v) is 18.8. The molecule has 1 fully saturated rings. The van der Waals surface area contributed by atoms with E-state index in [0.29, 0.717) is 17.9 Å². The quantitative estimate of drug-likeness (QED) is 0.439. The molecule has 0 aromatic heterocycles. The highest BCUT2D eigenvalue weighted by atomic mass is 35.5. The van der Waals surface area contributed by atoms with Gasteiger partial charge in [-0.3, -0.25) is 4.79 Å². The summed E-state index contributed by atoms with van der Waals surface area (Å²) in [6, 6.07) is 12.3. The molecule has 0 spiro atoms. The minimum Gasteiger partial charge on any atom is -0.376 e. The van der Waals surface area contributed by atoms with Crippen LogP contribution in [0, 0.1) is 0 Å². The third kappa shape index (κ3) is 7.20. The zero-order chi connectivity index (χ0) is 23.0. The molecule has 1 atom stereocenters. The fourth-order valence-corrected chi connectivity index (χ4v) is 4.64. The van der Waals surface area contributed by atoms with Crippen LogP contribution in [0.25, 0.3) is 0 Å². The van der Waals surface area contributed by atoms with E-state index in [9.17, 15) is 18.0 Å². The van der Waals surface area contributed by atoms with Crippen molar-refractivity contribution in [2.24, 2.45) is 0 Å². The van der Waals surface area contributed by atoms with Crippen molar-refractivity contribution in [3.8, 4) is 0 Å². The average molecular weight is 481 g/mol. The molecule has 1 heterocycles. The minimum atomic E-state index is -3.80. The molecule has 0 radical (unpaired) electrons. The van der Waals surface area contributed by atoms with Gasteiger partial charge >= 0.3 is 6.03 Å². The zero-order valence-electron chi connectivity index (χ0n) is 17.3. The lowest BCUT2D eigenvalue weighted by molar-refractivity contribution is -0.116. The van der Waals surface area contributed by atoms with Gasteiger partial charge in [0.15, 0.2) is 0 Å². The van der Waals surface area contributed by atoms with E-state index in [1.807, 2.05) is 0 Å². The third-order valence-corrected chi connectivity index (χ3v) is 6.67. The molecular weight excluding hydrogens is 456 g/mol. The molecule has 2 aromatic rings. The Morgan fingerprint density at radius 1 is 1.03 bits per heavy atom. The lowest BCUT2D eigenvalue weighted by Crippen LogP contribution is -2.35. The molecule has 2 aromatic carbocycles. The standard InChI is InChI=1S/C21H25ClN4O5S/c22-18-5-1-2-6-19(18)32(29,30)24-12-11-20(27)25-15-7-9-16(10-8-15)26-21(28)23-14-17-4-3-13-31-17/h1-2,5-10,17,24H,3-4,11-14H2,(H,25,27)(H2,23,26,28). The molecule has 1 aliphatic rings. The van der Waals surface area contributed by atoms with Crippen molar-refractivity contribution in [3.63, 3.8) is 0 Å². The molecule has 3 amide bonds. The molecule has 4 N–H and O–H groups in total. The summed E-state index contributed by atoms with van der Waals surface area (Å²) in [4.78, 5) is 24.0. The van der Waals surface area contributed by atoms with Crippen LogP contribution >= 0.6 is 11.6 Å². The van der Waals surface area contributed by atoms with Gasteiger partial charge in [0, 0.05) is 37.5 Å². The van der Waals surface area contributed by atoms with Gasteiger partial charge in [0.05, 0.1) is 11.1 Å². The van der Waals surface area contributed by atoms with Crippen LogP contribution < -0.4 is 20.7 Å². The lowest BCUT2D eigenvalue weighted by Gasteiger charge is -2.12. The van der Waals surface area contributed by atoms with Crippen molar-refractivity contribution in [2.75, 3.05) is 30.3 Å². The number of amides is 3. The van der Waals surface area contributed by atoms with Crippen molar-refractivity contribution in [3.05, 3.63) is 53.6 Å². The molecule has 9 nitrogen and oxygen atoms in total. The SMILES string of the molecule is O=C(CCNS(=O)(=O)c1ccccc1Cl)Nc1ccc(NC(=O)NCC2CCCO2)cc1. The van der Waals surface area contributed by atoms with E-state index in [1.165, 1.54) is 12.1 Å². The Hall–Kier alpha value is -2.66. The number of hydrogen-bond donors (Lipinski definition) is 4. The van der Waals surface area contributed by atoms with Gasteiger partial charge in [-0.25, -0.2) is 17.9 Å². The van der Waals surface area contributed by atoms with Crippen molar-refractivity contribution in [2.45, 2.75) is 30.3 Å². The molecule has 0 saturated carbocycles. The van der Waals surface area contributed by atoms with Gasteiger partial charge in [-0.2, -0.15) is 0 Å². The first-order valence-electron chi connectivity index (χ1n) is 10.1. The monoisotopic (exact) mass is 480 g/mol. The number of carbonyl (C=O) groups excluding carboxylic acids is 2. The van der Waals surface area contributed by atoms with Gasteiger partial charge in [-0.15, -0.1) is 0 Å². The van der Waals surface area contributed by atoms with Crippen LogP contribution in [0.4, 0.5) is 16.2 Å². The van der Waals surface area contributed by atoms with Crippen molar-refractivity contribution in [1.29, 1.82) is 0 Å². The number of carbonyl (C=O) groups is 2. The Kier molecular flexibility index (Phi) is 8.46. The highest BCUT2D eigenvalue weighted by Gasteiger charge is 2.18.